The van der Waals surface area contributed by atoms with Crippen molar-refractivity contribution in [3.63, 3.8) is 0 Å². The maximum atomic E-state index is 11.6. The highest BCUT2D eigenvalue weighted by atomic mass is 16.6. The molecule has 1 fully saturated rings. The summed E-state index contributed by atoms with van der Waals surface area (Å²) in [6, 6.07) is -0.00213. The van der Waals surface area contributed by atoms with Crippen molar-refractivity contribution in [2.45, 2.75) is 58.1 Å². The predicted molar refractivity (Wildman–Crippen MR) is 67.1 cm³/mol. The van der Waals surface area contributed by atoms with E-state index in [1.165, 1.54) is 7.11 Å². The van der Waals surface area contributed by atoms with Crippen molar-refractivity contribution in [2.75, 3.05) is 7.11 Å². The third kappa shape index (κ3) is 4.94. The third-order valence-corrected chi connectivity index (χ3v) is 2.93. The Morgan fingerprint density at radius 3 is 2.44 bits per heavy atom. The van der Waals surface area contributed by atoms with Gasteiger partial charge in [-0.25, -0.2) is 4.79 Å². The molecule has 104 valence electrons. The monoisotopic (exact) mass is 257 g/mol. The van der Waals surface area contributed by atoms with Gasteiger partial charge in [0, 0.05) is 6.04 Å². The fraction of sp³-hybridized carbons (Fsp3) is 0.846. The maximum Gasteiger partial charge on any atom is 0.407 e. The van der Waals surface area contributed by atoms with Crippen molar-refractivity contribution in [1.82, 2.24) is 5.32 Å². The molecule has 0 aromatic carbocycles. The van der Waals surface area contributed by atoms with Crippen molar-refractivity contribution < 1.29 is 19.1 Å². The number of hydrogen-bond donors (Lipinski definition) is 1. The number of ether oxygens (including phenoxy) is 2. The van der Waals surface area contributed by atoms with Crippen LogP contribution in [0.25, 0.3) is 0 Å². The van der Waals surface area contributed by atoms with Crippen molar-refractivity contribution in [2.24, 2.45) is 5.92 Å². The van der Waals surface area contributed by atoms with Gasteiger partial charge in [-0.2, -0.15) is 0 Å². The van der Waals surface area contributed by atoms with E-state index in [4.69, 9.17) is 9.47 Å². The molecule has 0 radical (unpaired) electrons. The largest absolute Gasteiger partial charge is 0.469 e. The normalized spacial score (nSPS) is 24.2. The summed E-state index contributed by atoms with van der Waals surface area (Å²) in [5.41, 5.74) is -0.500. The van der Waals surface area contributed by atoms with Crippen LogP contribution in [0.3, 0.4) is 0 Å². The second-order valence-electron chi connectivity index (χ2n) is 5.73. The van der Waals surface area contributed by atoms with Gasteiger partial charge >= 0.3 is 12.1 Å². The van der Waals surface area contributed by atoms with E-state index in [-0.39, 0.29) is 17.9 Å². The molecule has 2 atom stereocenters. The summed E-state index contributed by atoms with van der Waals surface area (Å²) < 4.78 is 9.94. The molecule has 0 aliphatic heterocycles. The fourth-order valence-corrected chi connectivity index (χ4v) is 2.18. The van der Waals surface area contributed by atoms with Crippen LogP contribution < -0.4 is 5.32 Å². The molecule has 0 spiro atoms. The van der Waals surface area contributed by atoms with Crippen LogP contribution in [-0.4, -0.2) is 30.8 Å². The molecule has 1 aliphatic carbocycles. The van der Waals surface area contributed by atoms with Gasteiger partial charge in [-0.1, -0.05) is 6.42 Å². The summed E-state index contributed by atoms with van der Waals surface area (Å²) in [6.07, 6.45) is 2.84. The van der Waals surface area contributed by atoms with Crippen LogP contribution in [0, 0.1) is 5.92 Å². The average Bonchev–Trinajstić information content (AvgIpc) is 2.25. The molecular formula is C13H23NO4. The zero-order valence-electron chi connectivity index (χ0n) is 11.6. The van der Waals surface area contributed by atoms with E-state index in [0.29, 0.717) is 6.42 Å². The first-order valence-electron chi connectivity index (χ1n) is 6.39. The first-order chi connectivity index (χ1) is 8.31. The van der Waals surface area contributed by atoms with Gasteiger partial charge in [0.2, 0.25) is 0 Å². The first kappa shape index (κ1) is 14.8. The number of alkyl carbamates (subject to hydrolysis) is 1. The smallest absolute Gasteiger partial charge is 0.407 e. The zero-order valence-corrected chi connectivity index (χ0v) is 11.6. The minimum absolute atomic E-state index is 0.00213. The van der Waals surface area contributed by atoms with Gasteiger partial charge < -0.3 is 14.8 Å². The molecule has 18 heavy (non-hydrogen) atoms. The SMILES string of the molecule is COC(=O)[C@@H]1CCC[C@H](NC(=O)OC(C)(C)C)C1. The zero-order chi connectivity index (χ0) is 13.8. The molecule has 5 nitrogen and oxygen atoms in total. The molecule has 1 saturated carbocycles. The fourth-order valence-electron chi connectivity index (χ4n) is 2.18. The number of esters is 1. The number of methoxy groups -OCH3 is 1. The second kappa shape index (κ2) is 6.07. The molecule has 0 unspecified atom stereocenters. The van der Waals surface area contributed by atoms with Gasteiger partial charge in [0.05, 0.1) is 13.0 Å². The highest BCUT2D eigenvalue weighted by Crippen LogP contribution is 2.25. The summed E-state index contributed by atoms with van der Waals surface area (Å²) in [6.45, 7) is 5.47. The van der Waals surface area contributed by atoms with E-state index in [2.05, 4.69) is 5.32 Å². The summed E-state index contributed by atoms with van der Waals surface area (Å²) in [4.78, 5) is 23.1. The van der Waals surface area contributed by atoms with Crippen molar-refractivity contribution in [3.8, 4) is 0 Å². The summed E-state index contributed by atoms with van der Waals surface area (Å²) in [5, 5.41) is 2.82. The highest BCUT2D eigenvalue weighted by molar-refractivity contribution is 5.73. The lowest BCUT2D eigenvalue weighted by Crippen LogP contribution is -2.42. The predicted octanol–water partition coefficient (Wildman–Crippen LogP) is 2.24. The van der Waals surface area contributed by atoms with E-state index in [9.17, 15) is 9.59 Å². The van der Waals surface area contributed by atoms with E-state index in [1.807, 2.05) is 20.8 Å². The topological polar surface area (TPSA) is 64.6 Å². The second-order valence-corrected chi connectivity index (χ2v) is 5.73. The Kier molecular flexibility index (Phi) is 4.99. The standard InChI is InChI=1S/C13H23NO4/c1-13(2,3)18-12(16)14-10-7-5-6-9(8-10)11(15)17-4/h9-10H,5-8H2,1-4H3,(H,14,16)/t9-,10+/m1/s1. The van der Waals surface area contributed by atoms with Crippen LogP contribution in [0.1, 0.15) is 46.5 Å². The number of carbonyl (C=O) groups excluding carboxylic acids is 2. The Hall–Kier alpha value is -1.26. The first-order valence-corrected chi connectivity index (χ1v) is 6.39. The number of nitrogens with one attached hydrogen (secondary N) is 1. The summed E-state index contributed by atoms with van der Waals surface area (Å²) in [7, 11) is 1.40. The Morgan fingerprint density at radius 1 is 1.22 bits per heavy atom. The number of carbonyl (C=O) groups is 2. The lowest BCUT2D eigenvalue weighted by molar-refractivity contribution is -0.146. The van der Waals surface area contributed by atoms with E-state index < -0.39 is 11.7 Å². The van der Waals surface area contributed by atoms with Crippen LogP contribution in [-0.2, 0) is 14.3 Å². The molecule has 0 bridgehead atoms. The van der Waals surface area contributed by atoms with Gasteiger partial charge in [-0.05, 0) is 40.0 Å². The molecular weight excluding hydrogens is 234 g/mol. The van der Waals surface area contributed by atoms with Gasteiger partial charge in [-0.3, -0.25) is 4.79 Å². The van der Waals surface area contributed by atoms with Crippen LogP contribution >= 0.6 is 0 Å². The Morgan fingerprint density at radius 2 is 1.89 bits per heavy atom. The van der Waals surface area contributed by atoms with Gasteiger partial charge in [0.1, 0.15) is 5.60 Å². The maximum absolute atomic E-state index is 11.6. The van der Waals surface area contributed by atoms with Crippen molar-refractivity contribution >= 4 is 12.1 Å². The van der Waals surface area contributed by atoms with E-state index in [0.717, 1.165) is 19.3 Å². The minimum atomic E-state index is -0.500. The summed E-state index contributed by atoms with van der Waals surface area (Å²) in [5.74, 6) is -0.297. The Balaban J connectivity index is 2.43. The van der Waals surface area contributed by atoms with Gasteiger partial charge in [0.25, 0.3) is 0 Å². The van der Waals surface area contributed by atoms with Crippen LogP contribution in [0.5, 0.6) is 0 Å². The third-order valence-electron chi connectivity index (χ3n) is 2.93. The van der Waals surface area contributed by atoms with Crippen molar-refractivity contribution in [3.05, 3.63) is 0 Å². The molecule has 5 heteroatoms. The quantitative estimate of drug-likeness (QED) is 0.770. The molecule has 0 aromatic heterocycles. The molecule has 1 N–H and O–H groups in total. The van der Waals surface area contributed by atoms with E-state index >= 15 is 0 Å². The van der Waals surface area contributed by atoms with Gasteiger partial charge in [0.15, 0.2) is 0 Å². The Labute approximate surface area is 108 Å². The Bertz CT molecular complexity index is 309. The molecule has 0 saturated heterocycles. The number of rotatable bonds is 2. The van der Waals surface area contributed by atoms with Crippen LogP contribution in [0.15, 0.2) is 0 Å². The van der Waals surface area contributed by atoms with Gasteiger partial charge in [-0.15, -0.1) is 0 Å². The molecule has 1 aliphatic rings. The van der Waals surface area contributed by atoms with E-state index in [1.54, 1.807) is 0 Å². The lowest BCUT2D eigenvalue weighted by atomic mass is 9.86. The number of amides is 1. The van der Waals surface area contributed by atoms with Crippen LogP contribution in [0.4, 0.5) is 4.79 Å². The molecule has 0 heterocycles. The summed E-state index contributed by atoms with van der Waals surface area (Å²) >= 11 is 0. The lowest BCUT2D eigenvalue weighted by Gasteiger charge is -2.29. The minimum Gasteiger partial charge on any atom is -0.469 e. The molecule has 1 rings (SSSR count). The van der Waals surface area contributed by atoms with Crippen LogP contribution in [0.2, 0.25) is 0 Å². The average molecular weight is 257 g/mol. The van der Waals surface area contributed by atoms with Crippen molar-refractivity contribution in [1.29, 1.82) is 0 Å². The highest BCUT2D eigenvalue weighted by Gasteiger charge is 2.29. The number of hydrogen-bond acceptors (Lipinski definition) is 4. The molecule has 1 amide bonds. The molecule has 0 aromatic rings.